The van der Waals surface area contributed by atoms with Crippen LogP contribution < -0.4 is 14.4 Å². The predicted octanol–water partition coefficient (Wildman–Crippen LogP) is 4.69. The summed E-state index contributed by atoms with van der Waals surface area (Å²) in [7, 11) is -2.86. The first-order chi connectivity index (χ1) is 20.3. The van der Waals surface area contributed by atoms with Gasteiger partial charge in [-0.2, -0.15) is 0 Å². The van der Waals surface area contributed by atoms with Crippen molar-refractivity contribution < 1.29 is 27.7 Å². The van der Waals surface area contributed by atoms with E-state index >= 15 is 0 Å². The predicted molar refractivity (Wildman–Crippen MR) is 168 cm³/mol. The van der Waals surface area contributed by atoms with Crippen LogP contribution in [0.2, 0.25) is 0 Å². The number of nitrogens with zero attached hydrogens (tertiary/aromatic N) is 3. The van der Waals surface area contributed by atoms with Crippen LogP contribution in [0.3, 0.4) is 0 Å². The third kappa shape index (κ3) is 9.26. The van der Waals surface area contributed by atoms with E-state index in [4.69, 9.17) is 4.74 Å². The lowest BCUT2D eigenvalue weighted by Gasteiger charge is -2.34. The molecule has 2 atom stereocenters. The van der Waals surface area contributed by atoms with Crippen molar-refractivity contribution in [2.75, 3.05) is 24.2 Å². The minimum atomic E-state index is -4.15. The van der Waals surface area contributed by atoms with Gasteiger partial charge in [0.05, 0.1) is 18.3 Å². The summed E-state index contributed by atoms with van der Waals surface area (Å²) in [6.45, 7) is 3.06. The van der Waals surface area contributed by atoms with Crippen molar-refractivity contribution in [1.82, 2.24) is 10.2 Å². The molecule has 0 saturated carbocycles. The van der Waals surface area contributed by atoms with Gasteiger partial charge in [-0.15, -0.1) is 0 Å². The lowest BCUT2D eigenvalue weighted by atomic mass is 10.0. The normalized spacial score (nSPS) is 12.6. The molecule has 0 aliphatic heterocycles. The van der Waals surface area contributed by atoms with Gasteiger partial charge < -0.3 is 15.0 Å². The molecule has 0 aromatic heterocycles. The van der Waals surface area contributed by atoms with E-state index in [1.54, 1.807) is 24.3 Å². The fourth-order valence-electron chi connectivity index (χ4n) is 4.36. The third-order valence-electron chi connectivity index (χ3n) is 6.86. The summed E-state index contributed by atoms with van der Waals surface area (Å²) < 4.78 is 33.0. The number of halogens is 1. The highest BCUT2D eigenvalue weighted by molar-refractivity contribution is 9.10. The first kappa shape index (κ1) is 33.5. The summed E-state index contributed by atoms with van der Waals surface area (Å²) in [5.41, 5.74) is 0.976. The molecule has 0 heterocycles. The lowest BCUT2D eigenvalue weighted by Crippen LogP contribution is -2.54. The standard InChI is InChI=1S/C30H35BrN4O7S/c1-5-21(2)32-30(37)27(17-22-9-7-6-8-10-22)33(19-23-11-13-24(31)14-12-23)29(36)20-34(43(4,40)41)26-18-25(35(38)39)15-16-28(26)42-3/h6-16,18,21,27H,5,17,19-20H2,1-4H3,(H,32,37)/t21-,27+/m1/s1. The summed E-state index contributed by atoms with van der Waals surface area (Å²) in [6.07, 6.45) is 1.73. The van der Waals surface area contributed by atoms with E-state index in [2.05, 4.69) is 21.2 Å². The number of hydrogen-bond acceptors (Lipinski definition) is 7. The maximum absolute atomic E-state index is 14.2. The quantitative estimate of drug-likeness (QED) is 0.193. The summed E-state index contributed by atoms with van der Waals surface area (Å²) in [5, 5.41) is 14.5. The Labute approximate surface area is 260 Å². The van der Waals surface area contributed by atoms with Gasteiger partial charge in [0.2, 0.25) is 21.8 Å². The van der Waals surface area contributed by atoms with Gasteiger partial charge in [0.25, 0.3) is 5.69 Å². The van der Waals surface area contributed by atoms with E-state index < -0.39 is 33.4 Å². The van der Waals surface area contributed by atoms with Crippen LogP contribution in [0, 0.1) is 10.1 Å². The van der Waals surface area contributed by atoms with E-state index in [0.29, 0.717) is 12.0 Å². The molecule has 0 fully saturated rings. The number of rotatable bonds is 14. The average molecular weight is 676 g/mol. The molecule has 3 aromatic rings. The molecule has 43 heavy (non-hydrogen) atoms. The van der Waals surface area contributed by atoms with E-state index in [0.717, 1.165) is 26.7 Å². The highest BCUT2D eigenvalue weighted by Gasteiger charge is 2.34. The number of carbonyl (C=O) groups excluding carboxylic acids is 2. The maximum atomic E-state index is 14.2. The van der Waals surface area contributed by atoms with Crippen LogP contribution in [0.25, 0.3) is 0 Å². The lowest BCUT2D eigenvalue weighted by molar-refractivity contribution is -0.384. The van der Waals surface area contributed by atoms with E-state index in [-0.39, 0.29) is 42.0 Å². The number of amides is 2. The number of anilines is 1. The van der Waals surface area contributed by atoms with Gasteiger partial charge in [0.1, 0.15) is 24.0 Å². The highest BCUT2D eigenvalue weighted by atomic mass is 79.9. The Hall–Kier alpha value is -3.97. The van der Waals surface area contributed by atoms with Crippen molar-refractivity contribution in [3.8, 4) is 5.75 Å². The molecule has 11 nitrogen and oxygen atoms in total. The maximum Gasteiger partial charge on any atom is 0.271 e. The number of nitro benzene ring substituents is 1. The van der Waals surface area contributed by atoms with Crippen LogP contribution in [0.1, 0.15) is 31.4 Å². The molecule has 0 bridgehead atoms. The zero-order valence-electron chi connectivity index (χ0n) is 24.4. The van der Waals surface area contributed by atoms with Crippen molar-refractivity contribution in [2.24, 2.45) is 0 Å². The molecule has 1 N–H and O–H groups in total. The van der Waals surface area contributed by atoms with Gasteiger partial charge in [0, 0.05) is 35.6 Å². The summed E-state index contributed by atoms with van der Waals surface area (Å²) in [5.74, 6) is -1.04. The zero-order valence-corrected chi connectivity index (χ0v) is 26.8. The molecule has 3 aromatic carbocycles. The number of benzene rings is 3. The van der Waals surface area contributed by atoms with Crippen LogP contribution in [0.15, 0.2) is 77.3 Å². The molecule has 0 unspecified atom stereocenters. The number of ether oxygens (including phenoxy) is 1. The Bertz CT molecular complexity index is 1540. The second kappa shape index (κ2) is 15.0. The number of nitro groups is 1. The number of methoxy groups -OCH3 is 1. The molecule has 230 valence electrons. The largest absolute Gasteiger partial charge is 0.495 e. The van der Waals surface area contributed by atoms with Crippen LogP contribution in [-0.4, -0.2) is 62.0 Å². The van der Waals surface area contributed by atoms with Gasteiger partial charge >= 0.3 is 0 Å². The molecule has 2 amide bonds. The number of nitrogens with one attached hydrogen (secondary N) is 1. The SMILES string of the molecule is CC[C@@H](C)NC(=O)[C@H](Cc1ccccc1)N(Cc1ccc(Br)cc1)C(=O)CN(c1cc([N+](=O)[O-])ccc1OC)S(C)(=O)=O. The van der Waals surface area contributed by atoms with Crippen molar-refractivity contribution in [3.05, 3.63) is 98.5 Å². The number of non-ortho nitro benzene ring substituents is 1. The Balaban J connectivity index is 2.13. The molecule has 3 rings (SSSR count). The zero-order chi connectivity index (χ0) is 31.7. The smallest absolute Gasteiger partial charge is 0.271 e. The molecular formula is C30H35BrN4O7S. The molecule has 0 spiro atoms. The number of carbonyl (C=O) groups is 2. The molecule has 0 saturated heterocycles. The third-order valence-corrected chi connectivity index (χ3v) is 8.51. The van der Waals surface area contributed by atoms with Crippen molar-refractivity contribution in [1.29, 1.82) is 0 Å². The van der Waals surface area contributed by atoms with Crippen molar-refractivity contribution >= 4 is 49.1 Å². The van der Waals surface area contributed by atoms with Gasteiger partial charge in [-0.25, -0.2) is 8.42 Å². The van der Waals surface area contributed by atoms with Crippen molar-refractivity contribution in [2.45, 2.75) is 45.3 Å². The fourth-order valence-corrected chi connectivity index (χ4v) is 5.47. The van der Waals surface area contributed by atoms with Crippen molar-refractivity contribution in [3.63, 3.8) is 0 Å². The van der Waals surface area contributed by atoms with Crippen LogP contribution >= 0.6 is 15.9 Å². The van der Waals surface area contributed by atoms with E-state index in [1.807, 2.05) is 44.2 Å². The molecule has 13 heteroatoms. The van der Waals surface area contributed by atoms with Gasteiger partial charge in [0.15, 0.2) is 0 Å². The number of sulfonamides is 1. The first-order valence-electron chi connectivity index (χ1n) is 13.5. The Morgan fingerprint density at radius 2 is 1.70 bits per heavy atom. The minimum Gasteiger partial charge on any atom is -0.495 e. The number of hydrogen-bond donors (Lipinski definition) is 1. The molecular weight excluding hydrogens is 640 g/mol. The van der Waals surface area contributed by atoms with Gasteiger partial charge in [-0.1, -0.05) is 65.3 Å². The monoisotopic (exact) mass is 674 g/mol. The Morgan fingerprint density at radius 1 is 1.05 bits per heavy atom. The second-order valence-electron chi connectivity index (χ2n) is 10.1. The minimum absolute atomic E-state index is 0.00120. The fraction of sp³-hybridized carbons (Fsp3) is 0.333. The summed E-state index contributed by atoms with van der Waals surface area (Å²) in [4.78, 5) is 40.1. The van der Waals surface area contributed by atoms with Crippen LogP contribution in [0.5, 0.6) is 5.75 Å². The highest BCUT2D eigenvalue weighted by Crippen LogP contribution is 2.34. The summed E-state index contributed by atoms with van der Waals surface area (Å²) >= 11 is 3.40. The van der Waals surface area contributed by atoms with Crippen LogP contribution in [0.4, 0.5) is 11.4 Å². The first-order valence-corrected chi connectivity index (χ1v) is 16.2. The molecule has 0 aliphatic rings. The topological polar surface area (TPSA) is 139 Å². The average Bonchev–Trinajstić information content (AvgIpc) is 2.97. The second-order valence-corrected chi connectivity index (χ2v) is 12.9. The Morgan fingerprint density at radius 3 is 2.26 bits per heavy atom. The van der Waals surface area contributed by atoms with E-state index in [9.17, 15) is 28.1 Å². The molecule has 0 radical (unpaired) electrons. The molecule has 0 aliphatic carbocycles. The van der Waals surface area contributed by atoms with Crippen LogP contribution in [-0.2, 0) is 32.6 Å². The van der Waals surface area contributed by atoms with Gasteiger partial charge in [-0.05, 0) is 42.7 Å². The summed E-state index contributed by atoms with van der Waals surface area (Å²) in [6, 6.07) is 18.8. The van der Waals surface area contributed by atoms with E-state index in [1.165, 1.54) is 24.1 Å². The Kier molecular flexibility index (Phi) is 11.7. The van der Waals surface area contributed by atoms with Gasteiger partial charge in [-0.3, -0.25) is 24.0 Å².